The van der Waals surface area contributed by atoms with Gasteiger partial charge in [-0.2, -0.15) is 0 Å². The molecule has 6 heteroatoms. The van der Waals surface area contributed by atoms with Crippen LogP contribution >= 0.6 is 0 Å². The van der Waals surface area contributed by atoms with Gasteiger partial charge in [0.25, 0.3) is 0 Å². The first-order chi connectivity index (χ1) is 16.9. The number of rotatable bonds is 7. The van der Waals surface area contributed by atoms with Crippen molar-refractivity contribution >= 4 is 33.7 Å². The minimum Gasteiger partial charge on any atom is -0.481 e. The third kappa shape index (κ3) is 4.22. The molecule has 0 unspecified atom stereocenters. The largest absolute Gasteiger partial charge is 0.481 e. The maximum Gasteiger partial charge on any atom is 0.341 e. The van der Waals surface area contributed by atoms with E-state index >= 15 is 0 Å². The van der Waals surface area contributed by atoms with Crippen molar-refractivity contribution < 1.29 is 19.4 Å². The van der Waals surface area contributed by atoms with E-state index in [1.165, 1.54) is 0 Å². The highest BCUT2D eigenvalue weighted by Gasteiger charge is 2.21. The molecule has 0 saturated carbocycles. The first-order valence-electron chi connectivity index (χ1n) is 11.3. The van der Waals surface area contributed by atoms with Gasteiger partial charge in [-0.1, -0.05) is 66.2 Å². The molecule has 0 spiro atoms. The Balaban J connectivity index is 1.87. The van der Waals surface area contributed by atoms with E-state index in [9.17, 15) is 14.7 Å². The van der Waals surface area contributed by atoms with Gasteiger partial charge in [0.05, 0.1) is 16.4 Å². The van der Waals surface area contributed by atoms with Gasteiger partial charge >= 0.3 is 5.97 Å². The summed E-state index contributed by atoms with van der Waals surface area (Å²) in [4.78, 5) is 23.8. The van der Waals surface area contributed by atoms with E-state index in [2.05, 4.69) is 22.8 Å². The number of nitrogens with two attached hydrogens (primary N) is 1. The lowest BCUT2D eigenvalue weighted by atomic mass is 10.0. The third-order valence-corrected chi connectivity index (χ3v) is 6.10. The number of carbonyl (C=O) groups excluding carboxylic acids is 1. The van der Waals surface area contributed by atoms with Crippen molar-refractivity contribution in [1.29, 1.82) is 0 Å². The molecule has 0 saturated heterocycles. The molecule has 6 nitrogen and oxygen atoms in total. The first kappa shape index (κ1) is 22.2. The summed E-state index contributed by atoms with van der Waals surface area (Å²) < 4.78 is 7.93. The van der Waals surface area contributed by atoms with Crippen molar-refractivity contribution in [2.45, 2.75) is 13.5 Å². The Bertz CT molecular complexity index is 1590. The SMILES string of the molecule is Cc1cccc(Cn2c3cc(-c4ccccc4)cc(OCC(=O)O)c3c3c(C(N)=O)cccc32)c1. The summed E-state index contributed by atoms with van der Waals surface area (Å²) in [6, 6.07) is 27.4. The van der Waals surface area contributed by atoms with Gasteiger partial charge in [-0.25, -0.2) is 4.79 Å². The number of hydrogen-bond donors (Lipinski definition) is 2. The van der Waals surface area contributed by atoms with Crippen LogP contribution in [0.5, 0.6) is 5.75 Å². The van der Waals surface area contributed by atoms with Crippen molar-refractivity contribution in [2.24, 2.45) is 5.73 Å². The summed E-state index contributed by atoms with van der Waals surface area (Å²) in [5.41, 5.74) is 11.9. The van der Waals surface area contributed by atoms with Gasteiger partial charge in [0.2, 0.25) is 5.91 Å². The Morgan fingerprint density at radius 3 is 2.34 bits per heavy atom. The Morgan fingerprint density at radius 1 is 0.857 bits per heavy atom. The highest BCUT2D eigenvalue weighted by Crippen LogP contribution is 2.41. The number of carboxylic acid groups (broad SMARTS) is 1. The zero-order chi connectivity index (χ0) is 24.5. The second-order valence-corrected chi connectivity index (χ2v) is 8.56. The monoisotopic (exact) mass is 464 g/mol. The Kier molecular flexibility index (Phi) is 5.71. The number of fused-ring (bicyclic) bond motifs is 3. The summed E-state index contributed by atoms with van der Waals surface area (Å²) in [7, 11) is 0. The van der Waals surface area contributed by atoms with E-state index < -0.39 is 18.5 Å². The van der Waals surface area contributed by atoms with Gasteiger partial charge in [0, 0.05) is 17.5 Å². The van der Waals surface area contributed by atoms with E-state index in [1.54, 1.807) is 6.07 Å². The van der Waals surface area contributed by atoms with Gasteiger partial charge in [0.1, 0.15) is 5.75 Å². The Hall–Kier alpha value is -4.58. The van der Waals surface area contributed by atoms with Crippen molar-refractivity contribution in [3.63, 3.8) is 0 Å². The number of aromatic nitrogens is 1. The molecule has 3 N–H and O–H groups in total. The standard InChI is InChI=1S/C29H24N2O4/c1-18-7-5-8-19(13-18)16-31-23-12-6-11-22(29(30)34)27(23)28-24(31)14-21(20-9-3-2-4-10-20)15-25(28)35-17-26(32)33/h2-15H,16-17H2,1H3,(H2,30,34)(H,32,33). The second-order valence-electron chi connectivity index (χ2n) is 8.56. The Morgan fingerprint density at radius 2 is 1.63 bits per heavy atom. The number of hydrogen-bond acceptors (Lipinski definition) is 3. The molecule has 5 aromatic rings. The van der Waals surface area contributed by atoms with Crippen LogP contribution in [0.15, 0.2) is 84.9 Å². The van der Waals surface area contributed by atoms with Crippen LogP contribution in [0.1, 0.15) is 21.5 Å². The summed E-state index contributed by atoms with van der Waals surface area (Å²) in [6.07, 6.45) is 0. The van der Waals surface area contributed by atoms with Crippen LogP contribution in [0.25, 0.3) is 32.9 Å². The van der Waals surface area contributed by atoms with Gasteiger partial charge < -0.3 is 20.1 Å². The number of primary amides is 1. The number of ether oxygens (including phenoxy) is 1. The number of aryl methyl sites for hydroxylation is 1. The minimum absolute atomic E-state index is 0.364. The number of nitrogens with zero attached hydrogens (tertiary/aromatic N) is 1. The zero-order valence-corrected chi connectivity index (χ0v) is 19.2. The highest BCUT2D eigenvalue weighted by molar-refractivity contribution is 6.20. The maximum atomic E-state index is 12.4. The van der Waals surface area contributed by atoms with Crippen molar-refractivity contribution in [3.05, 3.63) is 102 Å². The van der Waals surface area contributed by atoms with Crippen molar-refractivity contribution in [2.75, 3.05) is 6.61 Å². The molecule has 0 bridgehead atoms. The molecule has 5 rings (SSSR count). The third-order valence-electron chi connectivity index (χ3n) is 6.10. The predicted octanol–water partition coefficient (Wildman–Crippen LogP) is 5.38. The number of aliphatic carboxylic acids is 1. The number of benzene rings is 4. The lowest BCUT2D eigenvalue weighted by molar-refractivity contribution is -0.139. The van der Waals surface area contributed by atoms with Crippen molar-refractivity contribution in [1.82, 2.24) is 4.57 Å². The number of carboxylic acids is 1. The lowest BCUT2D eigenvalue weighted by Gasteiger charge is -2.12. The molecule has 1 heterocycles. The summed E-state index contributed by atoms with van der Waals surface area (Å²) in [5, 5.41) is 10.6. The van der Waals surface area contributed by atoms with Crippen molar-refractivity contribution in [3.8, 4) is 16.9 Å². The molecular formula is C29H24N2O4. The fraction of sp³-hybridized carbons (Fsp3) is 0.103. The van der Waals surface area contributed by atoms with Gasteiger partial charge in [0.15, 0.2) is 6.61 Å². The fourth-order valence-electron chi connectivity index (χ4n) is 4.64. The molecule has 0 aliphatic rings. The topological polar surface area (TPSA) is 94.6 Å². The van der Waals surface area contributed by atoms with E-state index in [-0.39, 0.29) is 0 Å². The molecule has 0 aliphatic heterocycles. The van der Waals surface area contributed by atoms with Gasteiger partial charge in [-0.15, -0.1) is 0 Å². The quantitative estimate of drug-likeness (QED) is 0.338. The molecule has 0 fully saturated rings. The van der Waals surface area contributed by atoms with Crippen LogP contribution in [-0.4, -0.2) is 28.2 Å². The van der Waals surface area contributed by atoms with E-state index in [1.807, 2.05) is 67.6 Å². The molecule has 4 aromatic carbocycles. The molecule has 0 atom stereocenters. The highest BCUT2D eigenvalue weighted by atomic mass is 16.5. The number of amides is 1. The molecule has 1 amide bonds. The average molecular weight is 465 g/mol. The molecule has 0 radical (unpaired) electrons. The first-order valence-corrected chi connectivity index (χ1v) is 11.3. The zero-order valence-electron chi connectivity index (χ0n) is 19.2. The van der Waals surface area contributed by atoms with Gasteiger partial charge in [-0.3, -0.25) is 4.79 Å². The normalized spacial score (nSPS) is 11.1. The van der Waals surface area contributed by atoms with E-state index in [0.29, 0.717) is 28.6 Å². The minimum atomic E-state index is -1.08. The van der Waals surface area contributed by atoms with Crippen LogP contribution in [0.4, 0.5) is 0 Å². The van der Waals surface area contributed by atoms with E-state index in [0.717, 1.165) is 33.3 Å². The molecular weight excluding hydrogens is 440 g/mol. The number of carbonyl (C=O) groups is 2. The van der Waals surface area contributed by atoms with Crippen LogP contribution in [-0.2, 0) is 11.3 Å². The van der Waals surface area contributed by atoms with E-state index in [4.69, 9.17) is 10.5 Å². The molecule has 35 heavy (non-hydrogen) atoms. The summed E-state index contributed by atoms with van der Waals surface area (Å²) in [5.74, 6) is -1.24. The van der Waals surface area contributed by atoms with Crippen LogP contribution in [0.2, 0.25) is 0 Å². The summed E-state index contributed by atoms with van der Waals surface area (Å²) in [6.45, 7) is 2.10. The predicted molar refractivity (Wildman–Crippen MR) is 137 cm³/mol. The lowest BCUT2D eigenvalue weighted by Crippen LogP contribution is -2.11. The fourth-order valence-corrected chi connectivity index (χ4v) is 4.64. The molecule has 174 valence electrons. The van der Waals surface area contributed by atoms with Crippen LogP contribution in [0, 0.1) is 6.92 Å². The molecule has 0 aliphatic carbocycles. The maximum absolute atomic E-state index is 12.4. The van der Waals surface area contributed by atoms with Crippen LogP contribution < -0.4 is 10.5 Å². The van der Waals surface area contributed by atoms with Gasteiger partial charge in [-0.05, 0) is 47.9 Å². The van der Waals surface area contributed by atoms with Crippen LogP contribution in [0.3, 0.4) is 0 Å². The average Bonchev–Trinajstić information content (AvgIpc) is 3.16. The second kappa shape index (κ2) is 8.99. The Labute approximate surface area is 202 Å². The summed E-state index contributed by atoms with van der Waals surface area (Å²) >= 11 is 0. The smallest absolute Gasteiger partial charge is 0.341 e. The molecule has 1 aromatic heterocycles.